The van der Waals surface area contributed by atoms with E-state index in [9.17, 15) is 4.79 Å². The van der Waals surface area contributed by atoms with Gasteiger partial charge in [-0.15, -0.1) is 24.8 Å². The number of rotatable bonds is 9. The monoisotopic (exact) mass is 609 g/mol. The Kier molecular flexibility index (Phi) is 12.4. The number of hydrogen-bond donors (Lipinski definition) is 4. The number of likely N-dealkylation sites (N-methyl/N-ethyl adjacent to an activating group) is 1. The van der Waals surface area contributed by atoms with Gasteiger partial charge in [0, 0.05) is 44.6 Å². The Morgan fingerprint density at radius 1 is 1.23 bits per heavy atom. The van der Waals surface area contributed by atoms with Crippen LogP contribution in [0.2, 0.25) is 0 Å². The quantitative estimate of drug-likeness (QED) is 0.0874. The molecule has 1 aromatic heterocycles. The first kappa shape index (κ1) is 33.1. The van der Waals surface area contributed by atoms with E-state index in [2.05, 4.69) is 20.0 Å². The molecule has 40 heavy (non-hydrogen) atoms. The van der Waals surface area contributed by atoms with E-state index in [1.165, 1.54) is 11.8 Å². The molecule has 3 aromatic rings. The summed E-state index contributed by atoms with van der Waals surface area (Å²) in [6.45, 7) is 8.65. The molecule has 5 N–H and O–H groups in total. The molecule has 1 fully saturated rings. The third kappa shape index (κ3) is 7.74. The normalized spacial score (nSPS) is 14.7. The smallest absolute Gasteiger partial charge is 0.240 e. The van der Waals surface area contributed by atoms with Gasteiger partial charge in [0.25, 0.3) is 0 Å². The Bertz CT molecular complexity index is 1310. The number of aromatic nitrogens is 2. The van der Waals surface area contributed by atoms with Crippen LogP contribution in [0.15, 0.2) is 52.8 Å². The van der Waals surface area contributed by atoms with Crippen LogP contribution in [0.3, 0.4) is 0 Å². The second-order valence-corrected chi connectivity index (χ2v) is 10.3. The number of nitrogens with zero attached hydrogens (tertiary/aromatic N) is 4. The van der Waals surface area contributed by atoms with Gasteiger partial charge in [0.05, 0.1) is 16.9 Å². The van der Waals surface area contributed by atoms with Gasteiger partial charge < -0.3 is 30.5 Å². The molecule has 0 spiro atoms. The van der Waals surface area contributed by atoms with Crippen molar-refractivity contribution in [3.63, 3.8) is 0 Å². The molecule has 10 nitrogen and oxygen atoms in total. The Labute approximate surface area is 251 Å². The maximum absolute atomic E-state index is 13.5. The van der Waals surface area contributed by atoms with E-state index in [0.717, 1.165) is 48.3 Å². The van der Waals surface area contributed by atoms with E-state index in [4.69, 9.17) is 21.1 Å². The maximum atomic E-state index is 13.5. The number of fused-ring (bicyclic) bond motifs is 1. The van der Waals surface area contributed by atoms with E-state index < -0.39 is 5.25 Å². The summed E-state index contributed by atoms with van der Waals surface area (Å²) < 4.78 is 6.21. The zero-order valence-electron chi connectivity index (χ0n) is 22.8. The maximum Gasteiger partial charge on any atom is 0.240 e. The number of H-pyrrole nitrogens is 1. The molecule has 2 heterocycles. The van der Waals surface area contributed by atoms with Gasteiger partial charge in [0.2, 0.25) is 5.91 Å². The average Bonchev–Trinajstić information content (AvgIpc) is 3.34. The fourth-order valence-corrected chi connectivity index (χ4v) is 5.64. The molecule has 0 aliphatic carbocycles. The third-order valence-corrected chi connectivity index (χ3v) is 7.92. The number of aromatic amines is 1. The minimum absolute atomic E-state index is 0. The fraction of sp³-hybridized carbons (Fsp3) is 0.407. The zero-order chi connectivity index (χ0) is 27.2. The molecule has 4 rings (SSSR count). The molecule has 1 atom stereocenters. The van der Waals surface area contributed by atoms with Crippen molar-refractivity contribution < 1.29 is 14.7 Å². The number of nitrogens with two attached hydrogens (primary N) is 1. The lowest BCUT2D eigenvalue weighted by Gasteiger charge is -2.32. The number of amidine groups is 2. The van der Waals surface area contributed by atoms with Crippen LogP contribution in [0.1, 0.15) is 50.0 Å². The van der Waals surface area contributed by atoms with Crippen molar-refractivity contribution in [3.8, 4) is 5.75 Å². The number of piperidine rings is 1. The predicted molar refractivity (Wildman–Crippen MR) is 165 cm³/mol. The molecular weight excluding hydrogens is 573 g/mol. The summed E-state index contributed by atoms with van der Waals surface area (Å²) in [4.78, 5) is 25.4. The standard InChI is InChI=1S/C27H35N7O3S.2ClH/c1-4-33(5-2)26(35)24(38-27-30-22-11-8-19(25(29)32-36)16-23(22)31-27)18-6-9-20(10-7-18)37-21-12-14-34(15-13-21)17(3)28;;/h6-11,16,21,24,28,36H,4-5,12-15H2,1-3H3,(H2,29,32)(H,30,31);2*1H. The van der Waals surface area contributed by atoms with Crippen LogP contribution in [0, 0.1) is 5.41 Å². The number of likely N-dealkylation sites (tertiary alicyclic amines) is 1. The highest BCUT2D eigenvalue weighted by atomic mass is 35.5. The largest absolute Gasteiger partial charge is 0.490 e. The molecule has 0 bridgehead atoms. The molecule has 218 valence electrons. The summed E-state index contributed by atoms with van der Waals surface area (Å²) in [5.41, 5.74) is 8.63. The lowest BCUT2D eigenvalue weighted by molar-refractivity contribution is -0.130. The summed E-state index contributed by atoms with van der Waals surface area (Å²) in [7, 11) is 0. The topological polar surface area (TPSA) is 144 Å². The van der Waals surface area contributed by atoms with Crippen LogP contribution >= 0.6 is 36.6 Å². The first-order valence-corrected chi connectivity index (χ1v) is 13.7. The van der Waals surface area contributed by atoms with Crippen molar-refractivity contribution in [2.75, 3.05) is 26.2 Å². The third-order valence-electron chi connectivity index (χ3n) is 6.79. The zero-order valence-corrected chi connectivity index (χ0v) is 25.2. The van der Waals surface area contributed by atoms with Crippen LogP contribution in [0.25, 0.3) is 11.0 Å². The number of imidazole rings is 1. The lowest BCUT2D eigenvalue weighted by Crippen LogP contribution is -2.40. The predicted octanol–water partition coefficient (Wildman–Crippen LogP) is 5.04. The van der Waals surface area contributed by atoms with E-state index in [0.29, 0.717) is 29.6 Å². The first-order chi connectivity index (χ1) is 18.3. The second kappa shape index (κ2) is 15.0. The van der Waals surface area contributed by atoms with Gasteiger partial charge in [0.15, 0.2) is 11.0 Å². The SMILES string of the molecule is CCN(CC)C(=O)C(Sc1nc2ccc(C(N)=NO)cc2[nH]1)c1ccc(OC2CCN(C(C)=N)CC2)cc1.Cl.Cl. The molecule has 0 saturated carbocycles. The molecule has 2 aromatic carbocycles. The van der Waals surface area contributed by atoms with Gasteiger partial charge in [-0.05, 0) is 56.7 Å². The highest BCUT2D eigenvalue weighted by molar-refractivity contribution is 8.00. The molecule has 13 heteroatoms. The number of carbonyl (C=O) groups excluding carboxylic acids is 1. The van der Waals surface area contributed by atoms with Crippen molar-refractivity contribution in [1.82, 2.24) is 19.8 Å². The van der Waals surface area contributed by atoms with Crippen LogP contribution in [-0.4, -0.2) is 74.8 Å². The molecule has 1 aliphatic heterocycles. The molecule has 1 aliphatic rings. The van der Waals surface area contributed by atoms with Gasteiger partial charge in [-0.3, -0.25) is 10.2 Å². The van der Waals surface area contributed by atoms with Crippen molar-refractivity contribution >= 4 is 65.2 Å². The van der Waals surface area contributed by atoms with Crippen molar-refractivity contribution in [2.24, 2.45) is 10.9 Å². The molecule has 1 saturated heterocycles. The first-order valence-electron chi connectivity index (χ1n) is 12.8. The van der Waals surface area contributed by atoms with E-state index in [-0.39, 0.29) is 42.7 Å². The summed E-state index contributed by atoms with van der Waals surface area (Å²) in [5.74, 6) is 1.41. The fourth-order valence-electron chi connectivity index (χ4n) is 4.56. The van der Waals surface area contributed by atoms with Gasteiger partial charge in [-0.1, -0.05) is 29.1 Å². The summed E-state index contributed by atoms with van der Waals surface area (Å²) in [6.07, 6.45) is 1.87. The molecular formula is C27H37Cl2N7O3S. The number of benzene rings is 2. The summed E-state index contributed by atoms with van der Waals surface area (Å²) in [6, 6.07) is 13.0. The van der Waals surface area contributed by atoms with Crippen molar-refractivity contribution in [3.05, 3.63) is 53.6 Å². The van der Waals surface area contributed by atoms with Crippen molar-refractivity contribution in [1.29, 1.82) is 5.41 Å². The minimum atomic E-state index is -0.494. The second-order valence-electron chi connectivity index (χ2n) is 9.23. The minimum Gasteiger partial charge on any atom is -0.490 e. The number of oxime groups is 1. The van der Waals surface area contributed by atoms with Crippen LogP contribution in [0.5, 0.6) is 5.75 Å². The number of nitrogens with one attached hydrogen (secondary N) is 2. The molecule has 1 amide bonds. The summed E-state index contributed by atoms with van der Waals surface area (Å²) >= 11 is 1.36. The Balaban J connectivity index is 0.00000280. The number of halogens is 2. The highest BCUT2D eigenvalue weighted by Crippen LogP contribution is 2.37. The van der Waals surface area contributed by atoms with Crippen LogP contribution in [0.4, 0.5) is 0 Å². The van der Waals surface area contributed by atoms with E-state index in [1.807, 2.05) is 49.9 Å². The van der Waals surface area contributed by atoms with Gasteiger partial charge in [-0.2, -0.15) is 0 Å². The van der Waals surface area contributed by atoms with E-state index in [1.54, 1.807) is 18.2 Å². The Morgan fingerprint density at radius 2 is 1.88 bits per heavy atom. The number of carbonyl (C=O) groups is 1. The van der Waals surface area contributed by atoms with Gasteiger partial charge in [0.1, 0.15) is 17.1 Å². The Morgan fingerprint density at radius 3 is 2.45 bits per heavy atom. The lowest BCUT2D eigenvalue weighted by atomic mass is 10.1. The van der Waals surface area contributed by atoms with Gasteiger partial charge >= 0.3 is 0 Å². The van der Waals surface area contributed by atoms with E-state index >= 15 is 0 Å². The number of hydrogen-bond acceptors (Lipinski definition) is 7. The van der Waals surface area contributed by atoms with Gasteiger partial charge in [-0.25, -0.2) is 4.98 Å². The van der Waals surface area contributed by atoms with Crippen LogP contribution < -0.4 is 10.5 Å². The number of amides is 1. The molecule has 0 radical (unpaired) electrons. The number of thioether (sulfide) groups is 1. The van der Waals surface area contributed by atoms with Crippen molar-refractivity contribution in [2.45, 2.75) is 50.1 Å². The molecule has 1 unspecified atom stereocenters. The Hall–Kier alpha value is -3.15. The highest BCUT2D eigenvalue weighted by Gasteiger charge is 2.28. The summed E-state index contributed by atoms with van der Waals surface area (Å²) in [5, 5.41) is 20.0. The average molecular weight is 611 g/mol. The number of ether oxygens (including phenoxy) is 1. The van der Waals surface area contributed by atoms with Crippen LogP contribution in [-0.2, 0) is 4.79 Å².